The zero-order chi connectivity index (χ0) is 43.0. The molecular weight excluding hydrogens is 731 g/mol. The van der Waals surface area contributed by atoms with Gasteiger partial charge < -0.3 is 20.3 Å². The molecule has 2 unspecified atom stereocenters. The van der Waals surface area contributed by atoms with E-state index < -0.39 is 12.1 Å². The number of ether oxygens (including phenoxy) is 1. The number of hydrogen-bond donors (Lipinski definition) is 3. The smallest absolute Gasteiger partial charge is 0.305 e. The van der Waals surface area contributed by atoms with Crippen LogP contribution in [0, 0.1) is 0 Å². The van der Waals surface area contributed by atoms with E-state index in [1.165, 1.54) is 173 Å². The molecular formula is C53H101NO5. The number of aliphatic hydroxyl groups is 2. The van der Waals surface area contributed by atoms with Crippen LogP contribution in [0.15, 0.2) is 24.3 Å². The molecule has 348 valence electrons. The van der Waals surface area contributed by atoms with Gasteiger partial charge in [-0.05, 0) is 57.8 Å². The average molecular weight is 832 g/mol. The van der Waals surface area contributed by atoms with Gasteiger partial charge in [0.25, 0.3) is 0 Å². The second-order valence-corrected chi connectivity index (χ2v) is 17.9. The second kappa shape index (κ2) is 49.0. The maximum atomic E-state index is 12.5. The maximum absolute atomic E-state index is 12.5. The molecule has 0 radical (unpaired) electrons. The van der Waals surface area contributed by atoms with E-state index in [9.17, 15) is 19.8 Å². The van der Waals surface area contributed by atoms with Gasteiger partial charge in [0.2, 0.25) is 5.91 Å². The van der Waals surface area contributed by atoms with Crippen LogP contribution in [0.25, 0.3) is 0 Å². The van der Waals surface area contributed by atoms with Crippen LogP contribution in [0.3, 0.4) is 0 Å². The number of rotatable bonds is 48. The fourth-order valence-corrected chi connectivity index (χ4v) is 7.96. The van der Waals surface area contributed by atoms with Gasteiger partial charge in [0, 0.05) is 12.8 Å². The SMILES string of the molecule is CCCCC/C=C\C/C=C\CCCCCCCC(=O)OCCCCCCCCCCCC(=O)NC(CO)C(O)CCCCCCCCCCCCCCCCCCCC. The summed E-state index contributed by atoms with van der Waals surface area (Å²) in [4.78, 5) is 24.5. The van der Waals surface area contributed by atoms with E-state index in [0.717, 1.165) is 70.6 Å². The van der Waals surface area contributed by atoms with Gasteiger partial charge in [0.1, 0.15) is 0 Å². The molecule has 0 bridgehead atoms. The summed E-state index contributed by atoms with van der Waals surface area (Å²) in [5.41, 5.74) is 0. The molecule has 2 atom stereocenters. The Morgan fingerprint density at radius 3 is 1.32 bits per heavy atom. The summed E-state index contributed by atoms with van der Waals surface area (Å²) in [7, 11) is 0. The highest BCUT2D eigenvalue weighted by atomic mass is 16.5. The first-order valence-electron chi connectivity index (χ1n) is 26.1. The van der Waals surface area contributed by atoms with Crippen LogP contribution in [0.4, 0.5) is 0 Å². The highest BCUT2D eigenvalue weighted by molar-refractivity contribution is 5.76. The average Bonchev–Trinajstić information content (AvgIpc) is 3.24. The van der Waals surface area contributed by atoms with Crippen molar-refractivity contribution in [2.45, 2.75) is 289 Å². The first-order chi connectivity index (χ1) is 29.0. The molecule has 59 heavy (non-hydrogen) atoms. The quantitative estimate of drug-likeness (QED) is 0.0322. The monoisotopic (exact) mass is 832 g/mol. The minimum absolute atomic E-state index is 0.0386. The van der Waals surface area contributed by atoms with Crippen molar-refractivity contribution >= 4 is 11.9 Å². The molecule has 0 aliphatic carbocycles. The molecule has 3 N–H and O–H groups in total. The van der Waals surface area contributed by atoms with Crippen LogP contribution in [-0.4, -0.2) is 47.4 Å². The first kappa shape index (κ1) is 57.3. The standard InChI is InChI=1S/C53H101NO5/c1-3-5-7-9-11-13-15-17-19-20-21-23-24-26-29-33-37-41-45-51(56)50(49-55)54-52(57)46-42-38-34-30-28-32-36-40-44-48-59-53(58)47-43-39-35-31-27-25-22-18-16-14-12-10-8-6-4-2/h12,14,18,22,50-51,55-56H,3-11,13,15-17,19-21,23-49H2,1-2H3,(H,54,57)/b14-12-,22-18-. The highest BCUT2D eigenvalue weighted by Gasteiger charge is 2.20. The number of amides is 1. The van der Waals surface area contributed by atoms with Crippen molar-refractivity contribution in [2.24, 2.45) is 0 Å². The number of allylic oxidation sites excluding steroid dienone is 4. The van der Waals surface area contributed by atoms with E-state index in [0.29, 0.717) is 25.9 Å². The first-order valence-corrected chi connectivity index (χ1v) is 26.1. The van der Waals surface area contributed by atoms with Gasteiger partial charge in [-0.3, -0.25) is 9.59 Å². The Labute approximate surface area is 367 Å². The van der Waals surface area contributed by atoms with Crippen LogP contribution in [0.5, 0.6) is 0 Å². The summed E-state index contributed by atoms with van der Waals surface area (Å²) in [6, 6.07) is -0.563. The predicted octanol–water partition coefficient (Wildman–Crippen LogP) is 15.5. The molecule has 0 saturated heterocycles. The number of hydrogen-bond acceptors (Lipinski definition) is 5. The lowest BCUT2D eigenvalue weighted by molar-refractivity contribution is -0.143. The largest absolute Gasteiger partial charge is 0.466 e. The lowest BCUT2D eigenvalue weighted by Crippen LogP contribution is -2.45. The van der Waals surface area contributed by atoms with Crippen molar-refractivity contribution in [3.05, 3.63) is 24.3 Å². The van der Waals surface area contributed by atoms with Crippen molar-refractivity contribution in [3.8, 4) is 0 Å². The van der Waals surface area contributed by atoms with Crippen molar-refractivity contribution in [1.29, 1.82) is 0 Å². The number of esters is 1. The molecule has 0 aliphatic heterocycles. The van der Waals surface area contributed by atoms with Crippen molar-refractivity contribution < 1.29 is 24.5 Å². The topological polar surface area (TPSA) is 95.9 Å². The van der Waals surface area contributed by atoms with E-state index in [1.807, 2.05) is 0 Å². The Balaban J connectivity index is 3.50. The third-order valence-corrected chi connectivity index (χ3v) is 12.0. The highest BCUT2D eigenvalue weighted by Crippen LogP contribution is 2.16. The number of unbranched alkanes of at least 4 members (excludes halogenated alkanes) is 33. The summed E-state index contributed by atoms with van der Waals surface area (Å²) in [6.45, 7) is 4.86. The number of carbonyl (C=O) groups excluding carboxylic acids is 2. The molecule has 0 rings (SSSR count). The summed E-state index contributed by atoms with van der Waals surface area (Å²) in [5, 5.41) is 23.2. The van der Waals surface area contributed by atoms with Gasteiger partial charge in [-0.15, -0.1) is 0 Å². The molecule has 0 aromatic carbocycles. The van der Waals surface area contributed by atoms with Gasteiger partial charge in [0.05, 0.1) is 25.4 Å². The van der Waals surface area contributed by atoms with Crippen LogP contribution < -0.4 is 5.32 Å². The fourth-order valence-electron chi connectivity index (χ4n) is 7.96. The second-order valence-electron chi connectivity index (χ2n) is 17.9. The molecule has 0 aliphatic rings. The minimum Gasteiger partial charge on any atom is -0.466 e. The lowest BCUT2D eigenvalue weighted by atomic mass is 10.0. The summed E-state index contributed by atoms with van der Waals surface area (Å²) in [5.74, 6) is -0.101. The Kier molecular flexibility index (Phi) is 47.6. The van der Waals surface area contributed by atoms with Gasteiger partial charge >= 0.3 is 5.97 Å². The summed E-state index contributed by atoms with van der Waals surface area (Å²) in [6.07, 6.45) is 57.1. The summed E-state index contributed by atoms with van der Waals surface area (Å²) >= 11 is 0. The van der Waals surface area contributed by atoms with Gasteiger partial charge in [-0.2, -0.15) is 0 Å². The van der Waals surface area contributed by atoms with Crippen molar-refractivity contribution in [3.63, 3.8) is 0 Å². The van der Waals surface area contributed by atoms with E-state index in [-0.39, 0.29) is 18.5 Å². The van der Waals surface area contributed by atoms with E-state index in [4.69, 9.17) is 4.74 Å². The van der Waals surface area contributed by atoms with Crippen molar-refractivity contribution in [1.82, 2.24) is 5.32 Å². The van der Waals surface area contributed by atoms with Crippen LogP contribution in [0.2, 0.25) is 0 Å². The van der Waals surface area contributed by atoms with Gasteiger partial charge in [0.15, 0.2) is 0 Å². The molecule has 0 fully saturated rings. The Hall–Kier alpha value is -1.66. The molecule has 0 saturated carbocycles. The number of nitrogens with one attached hydrogen (secondary N) is 1. The summed E-state index contributed by atoms with van der Waals surface area (Å²) < 4.78 is 5.44. The fraction of sp³-hybridized carbons (Fsp3) is 0.887. The maximum Gasteiger partial charge on any atom is 0.305 e. The van der Waals surface area contributed by atoms with Crippen molar-refractivity contribution in [2.75, 3.05) is 13.2 Å². The van der Waals surface area contributed by atoms with E-state index in [2.05, 4.69) is 43.5 Å². The van der Waals surface area contributed by atoms with Gasteiger partial charge in [-0.1, -0.05) is 231 Å². The zero-order valence-electron chi connectivity index (χ0n) is 39.5. The Bertz CT molecular complexity index is 920. The Morgan fingerprint density at radius 1 is 0.475 bits per heavy atom. The van der Waals surface area contributed by atoms with E-state index in [1.54, 1.807) is 0 Å². The normalized spacial score (nSPS) is 12.8. The van der Waals surface area contributed by atoms with Crippen LogP contribution in [0.1, 0.15) is 277 Å². The zero-order valence-corrected chi connectivity index (χ0v) is 39.5. The lowest BCUT2D eigenvalue weighted by Gasteiger charge is -2.22. The molecule has 0 spiro atoms. The number of aliphatic hydroxyl groups excluding tert-OH is 2. The molecule has 1 amide bonds. The minimum atomic E-state index is -0.683. The Morgan fingerprint density at radius 2 is 0.847 bits per heavy atom. The molecule has 6 nitrogen and oxygen atoms in total. The van der Waals surface area contributed by atoms with Crippen LogP contribution in [-0.2, 0) is 14.3 Å². The van der Waals surface area contributed by atoms with E-state index >= 15 is 0 Å². The predicted molar refractivity (Wildman–Crippen MR) is 255 cm³/mol. The van der Waals surface area contributed by atoms with Gasteiger partial charge in [-0.25, -0.2) is 0 Å². The van der Waals surface area contributed by atoms with Crippen LogP contribution >= 0.6 is 0 Å². The molecule has 0 aromatic rings. The number of carbonyl (C=O) groups is 2. The third-order valence-electron chi connectivity index (χ3n) is 12.0. The molecule has 6 heteroatoms. The molecule has 0 heterocycles. The third kappa shape index (κ3) is 45.7. The molecule has 0 aromatic heterocycles.